The normalized spacial score (nSPS) is 10.8. The van der Waals surface area contributed by atoms with E-state index >= 15 is 0 Å². The Hall–Kier alpha value is -3.52. The van der Waals surface area contributed by atoms with E-state index in [-0.39, 0.29) is 11.8 Å². The Balaban J connectivity index is 1.47. The lowest BCUT2D eigenvalue weighted by Crippen LogP contribution is -2.22. The third-order valence-corrected chi connectivity index (χ3v) is 5.14. The minimum absolute atomic E-state index is 0.148. The monoisotopic (exact) mass is 406 g/mol. The molecule has 0 aliphatic carbocycles. The van der Waals surface area contributed by atoms with Gasteiger partial charge in [0.05, 0.1) is 11.3 Å². The topological polar surface area (TPSA) is 88.3 Å². The number of hydrogen-bond donors (Lipinski definition) is 1. The highest BCUT2D eigenvalue weighted by Crippen LogP contribution is 2.23. The summed E-state index contributed by atoms with van der Waals surface area (Å²) in [4.78, 5) is 34.8. The Morgan fingerprint density at radius 3 is 2.86 bits per heavy atom. The summed E-state index contributed by atoms with van der Waals surface area (Å²) in [5, 5.41) is 5.98. The van der Waals surface area contributed by atoms with Crippen molar-refractivity contribution < 1.29 is 14.0 Å². The van der Waals surface area contributed by atoms with Crippen LogP contribution in [0, 0.1) is 0 Å². The lowest BCUT2D eigenvalue weighted by atomic mass is 10.1. The Morgan fingerprint density at radius 1 is 1.21 bits per heavy atom. The smallest absolute Gasteiger partial charge is 0.271 e. The van der Waals surface area contributed by atoms with Crippen molar-refractivity contribution >= 4 is 39.3 Å². The maximum Gasteiger partial charge on any atom is 0.271 e. The Bertz CT molecular complexity index is 1200. The highest BCUT2D eigenvalue weighted by Gasteiger charge is 2.15. The molecule has 0 aliphatic heterocycles. The quantitative estimate of drug-likeness (QED) is 0.544. The van der Waals surface area contributed by atoms with Crippen molar-refractivity contribution in [3.05, 3.63) is 76.8 Å². The molecule has 0 spiro atoms. The summed E-state index contributed by atoms with van der Waals surface area (Å²) in [5.41, 5.74) is 3.26. The number of furan rings is 1. The lowest BCUT2D eigenvalue weighted by Gasteiger charge is -2.09. The molecule has 0 bridgehead atoms. The highest BCUT2D eigenvalue weighted by molar-refractivity contribution is 7.14. The maximum absolute atomic E-state index is 12.6. The number of nitrogens with one attached hydrogen (secondary N) is 1. The molecule has 3 aromatic heterocycles. The van der Waals surface area contributed by atoms with Crippen LogP contribution in [-0.4, -0.2) is 40.8 Å². The molecule has 0 aliphatic rings. The van der Waals surface area contributed by atoms with Crippen molar-refractivity contribution in [3.63, 3.8) is 0 Å². The minimum Gasteiger partial charge on any atom is -0.463 e. The van der Waals surface area contributed by atoms with Gasteiger partial charge in [-0.05, 0) is 23.8 Å². The van der Waals surface area contributed by atoms with E-state index in [2.05, 4.69) is 15.3 Å². The van der Waals surface area contributed by atoms with Gasteiger partial charge in [-0.1, -0.05) is 18.2 Å². The first-order valence-corrected chi connectivity index (χ1v) is 9.78. The van der Waals surface area contributed by atoms with Crippen LogP contribution in [0.25, 0.3) is 11.0 Å². The summed E-state index contributed by atoms with van der Waals surface area (Å²) in [6.07, 6.45) is 3.61. The molecule has 2 amide bonds. The van der Waals surface area contributed by atoms with Gasteiger partial charge in [-0.3, -0.25) is 19.9 Å². The minimum atomic E-state index is -0.265. The number of nitrogens with zero attached hydrogens (tertiary/aromatic N) is 3. The fourth-order valence-corrected chi connectivity index (χ4v) is 3.61. The summed E-state index contributed by atoms with van der Waals surface area (Å²) in [6, 6.07) is 11.0. The SMILES string of the molecule is CN(C)C(=O)c1cc(Cc2csc(NC(=O)c3coc4ccccc34)n2)ccn1. The second-order valence-electron chi connectivity index (χ2n) is 6.67. The molecule has 4 rings (SSSR count). The molecule has 0 saturated carbocycles. The van der Waals surface area contributed by atoms with Gasteiger partial charge in [0.25, 0.3) is 11.8 Å². The van der Waals surface area contributed by atoms with Crippen LogP contribution in [-0.2, 0) is 6.42 Å². The molecule has 8 heteroatoms. The number of para-hydroxylation sites is 1. The second-order valence-corrected chi connectivity index (χ2v) is 7.53. The van der Waals surface area contributed by atoms with E-state index in [0.29, 0.717) is 28.4 Å². The van der Waals surface area contributed by atoms with Crippen molar-refractivity contribution in [3.8, 4) is 0 Å². The molecule has 3 heterocycles. The maximum atomic E-state index is 12.6. The van der Waals surface area contributed by atoms with Crippen molar-refractivity contribution in [2.45, 2.75) is 6.42 Å². The fraction of sp³-hybridized carbons (Fsp3) is 0.143. The number of thiazole rings is 1. The van der Waals surface area contributed by atoms with Crippen LogP contribution in [0.5, 0.6) is 0 Å². The molecule has 7 nitrogen and oxygen atoms in total. The number of amides is 2. The van der Waals surface area contributed by atoms with Crippen molar-refractivity contribution in [1.82, 2.24) is 14.9 Å². The molecule has 0 saturated heterocycles. The molecule has 4 aromatic rings. The number of pyridine rings is 1. The molecule has 0 radical (unpaired) electrons. The molecule has 0 fully saturated rings. The van der Waals surface area contributed by atoms with E-state index in [1.807, 2.05) is 35.7 Å². The summed E-state index contributed by atoms with van der Waals surface area (Å²) in [6.45, 7) is 0. The standard InChI is InChI=1S/C21H18N4O3S/c1-25(2)20(27)17-10-13(7-8-22-17)9-14-12-29-21(23-14)24-19(26)16-11-28-18-6-4-3-5-15(16)18/h3-8,10-12H,9H2,1-2H3,(H,23,24,26). The van der Waals surface area contributed by atoms with E-state index in [1.54, 1.807) is 26.4 Å². The van der Waals surface area contributed by atoms with Gasteiger partial charge in [0.15, 0.2) is 5.13 Å². The lowest BCUT2D eigenvalue weighted by molar-refractivity contribution is 0.0821. The van der Waals surface area contributed by atoms with Gasteiger partial charge in [0.2, 0.25) is 0 Å². The van der Waals surface area contributed by atoms with Gasteiger partial charge >= 0.3 is 0 Å². The van der Waals surface area contributed by atoms with Gasteiger partial charge in [0.1, 0.15) is 17.5 Å². The number of fused-ring (bicyclic) bond motifs is 1. The Kier molecular flexibility index (Phi) is 5.09. The average molecular weight is 406 g/mol. The van der Waals surface area contributed by atoms with E-state index in [0.717, 1.165) is 16.6 Å². The number of hydrogen-bond acceptors (Lipinski definition) is 6. The Labute approximate surface area is 171 Å². The van der Waals surface area contributed by atoms with Crippen molar-refractivity contribution in [1.29, 1.82) is 0 Å². The number of anilines is 1. The Morgan fingerprint density at radius 2 is 2.03 bits per heavy atom. The number of benzene rings is 1. The van der Waals surface area contributed by atoms with E-state index in [1.165, 1.54) is 22.5 Å². The first-order valence-electron chi connectivity index (χ1n) is 8.90. The molecule has 1 N–H and O–H groups in total. The fourth-order valence-electron chi connectivity index (χ4n) is 2.90. The van der Waals surface area contributed by atoms with Crippen LogP contribution < -0.4 is 5.32 Å². The molecule has 0 unspecified atom stereocenters. The van der Waals surface area contributed by atoms with Gasteiger partial charge in [0, 0.05) is 37.5 Å². The highest BCUT2D eigenvalue weighted by atomic mass is 32.1. The van der Waals surface area contributed by atoms with Crippen LogP contribution in [0.4, 0.5) is 5.13 Å². The predicted octanol–water partition coefficient (Wildman–Crippen LogP) is 3.83. The number of rotatable bonds is 5. The zero-order chi connectivity index (χ0) is 20.4. The zero-order valence-corrected chi connectivity index (χ0v) is 16.7. The number of carbonyl (C=O) groups is 2. The first kappa shape index (κ1) is 18.8. The van der Waals surface area contributed by atoms with E-state index in [9.17, 15) is 9.59 Å². The predicted molar refractivity (Wildman–Crippen MR) is 111 cm³/mol. The van der Waals surface area contributed by atoms with Crippen LogP contribution in [0.15, 0.2) is 58.7 Å². The number of aromatic nitrogens is 2. The molecule has 29 heavy (non-hydrogen) atoms. The van der Waals surface area contributed by atoms with E-state index < -0.39 is 0 Å². The third-order valence-electron chi connectivity index (χ3n) is 4.33. The van der Waals surface area contributed by atoms with Crippen LogP contribution in [0.1, 0.15) is 32.1 Å². The summed E-state index contributed by atoms with van der Waals surface area (Å²) in [5.74, 6) is -0.413. The van der Waals surface area contributed by atoms with Crippen LogP contribution in [0.3, 0.4) is 0 Å². The van der Waals surface area contributed by atoms with Crippen LogP contribution >= 0.6 is 11.3 Å². The van der Waals surface area contributed by atoms with Crippen molar-refractivity contribution in [2.24, 2.45) is 0 Å². The van der Waals surface area contributed by atoms with E-state index in [4.69, 9.17) is 4.42 Å². The van der Waals surface area contributed by atoms with Crippen molar-refractivity contribution in [2.75, 3.05) is 19.4 Å². The molecule has 1 aromatic carbocycles. The van der Waals surface area contributed by atoms with Gasteiger partial charge in [-0.25, -0.2) is 4.98 Å². The summed E-state index contributed by atoms with van der Waals surface area (Å²) < 4.78 is 5.42. The van der Waals surface area contributed by atoms with Gasteiger partial charge < -0.3 is 9.32 Å². The second kappa shape index (κ2) is 7.84. The molecule has 0 atom stereocenters. The van der Waals surface area contributed by atoms with Crippen LogP contribution in [0.2, 0.25) is 0 Å². The largest absolute Gasteiger partial charge is 0.463 e. The van der Waals surface area contributed by atoms with Gasteiger partial charge in [-0.2, -0.15) is 0 Å². The summed E-state index contributed by atoms with van der Waals surface area (Å²) >= 11 is 1.35. The summed E-state index contributed by atoms with van der Waals surface area (Å²) in [7, 11) is 3.38. The van der Waals surface area contributed by atoms with Gasteiger partial charge in [-0.15, -0.1) is 11.3 Å². The number of carbonyl (C=O) groups excluding carboxylic acids is 2. The molecular weight excluding hydrogens is 388 g/mol. The molecule has 146 valence electrons. The first-order chi connectivity index (χ1) is 14.0. The molecular formula is C21H18N4O3S. The average Bonchev–Trinajstić information content (AvgIpc) is 3.34. The third kappa shape index (κ3) is 4.02. The zero-order valence-electron chi connectivity index (χ0n) is 15.9.